The van der Waals surface area contributed by atoms with Crippen molar-refractivity contribution in [2.24, 2.45) is 0 Å². The molecule has 1 aliphatic heterocycles. The molecule has 1 unspecified atom stereocenters. The molecule has 1 heterocycles. The van der Waals surface area contributed by atoms with E-state index in [9.17, 15) is 9.18 Å². The topological polar surface area (TPSA) is 38.3 Å². The Hall–Kier alpha value is -1.26. The number of nitrogens with one attached hydrogen (secondary N) is 1. The van der Waals surface area contributed by atoms with E-state index in [1.165, 1.54) is 6.07 Å². The number of hydrogen-bond acceptors (Lipinski definition) is 3. The molecule has 92 valence electrons. The summed E-state index contributed by atoms with van der Waals surface area (Å²) in [6, 6.07) is 4.58. The number of carbonyl (C=O) groups excluding carboxylic acids is 1. The Morgan fingerprint density at radius 2 is 2.41 bits per heavy atom. The Balaban J connectivity index is 2.05. The van der Waals surface area contributed by atoms with Gasteiger partial charge in [-0.2, -0.15) is 0 Å². The van der Waals surface area contributed by atoms with Crippen molar-refractivity contribution >= 4 is 5.78 Å². The number of halogens is 1. The summed E-state index contributed by atoms with van der Waals surface area (Å²) in [5.74, 6) is -0.649. The van der Waals surface area contributed by atoms with Crippen LogP contribution >= 0.6 is 0 Å². The van der Waals surface area contributed by atoms with Crippen LogP contribution in [0.4, 0.5) is 4.39 Å². The molecule has 0 spiro atoms. The summed E-state index contributed by atoms with van der Waals surface area (Å²) in [4.78, 5) is 11.9. The number of rotatable bonds is 3. The maximum atomic E-state index is 13.5. The van der Waals surface area contributed by atoms with Crippen molar-refractivity contribution in [3.63, 3.8) is 0 Å². The summed E-state index contributed by atoms with van der Waals surface area (Å²) in [5, 5.41) is 3.15. The van der Waals surface area contributed by atoms with Crippen LogP contribution in [-0.4, -0.2) is 31.6 Å². The fourth-order valence-electron chi connectivity index (χ4n) is 1.92. The number of benzene rings is 1. The molecule has 1 aromatic rings. The van der Waals surface area contributed by atoms with Crippen molar-refractivity contribution in [3.8, 4) is 0 Å². The Morgan fingerprint density at radius 1 is 1.59 bits per heavy atom. The minimum atomic E-state index is -0.454. The van der Waals surface area contributed by atoms with Crippen molar-refractivity contribution in [3.05, 3.63) is 35.1 Å². The number of ketones is 1. The molecule has 3 nitrogen and oxygen atoms in total. The molecular formula is C13H16FNO2. The second kappa shape index (κ2) is 5.38. The molecule has 0 aliphatic carbocycles. The predicted molar refractivity (Wildman–Crippen MR) is 62.7 cm³/mol. The molecule has 4 heteroatoms. The normalized spacial score (nSPS) is 20.2. The maximum Gasteiger partial charge on any atom is 0.168 e. The lowest BCUT2D eigenvalue weighted by molar-refractivity contribution is 0.0239. The number of carbonyl (C=O) groups is 1. The van der Waals surface area contributed by atoms with Crippen LogP contribution in [-0.2, 0) is 4.74 Å². The lowest BCUT2D eigenvalue weighted by Gasteiger charge is -2.23. The van der Waals surface area contributed by atoms with Gasteiger partial charge in [0.1, 0.15) is 5.82 Å². The number of ether oxygens (including phenoxy) is 1. The van der Waals surface area contributed by atoms with Crippen LogP contribution in [0.1, 0.15) is 22.3 Å². The van der Waals surface area contributed by atoms with E-state index in [2.05, 4.69) is 5.32 Å². The van der Waals surface area contributed by atoms with Crippen molar-refractivity contribution in [2.45, 2.75) is 19.4 Å². The van der Waals surface area contributed by atoms with E-state index in [1.54, 1.807) is 12.1 Å². The van der Waals surface area contributed by atoms with E-state index in [0.717, 1.165) is 12.1 Å². The first kappa shape index (κ1) is 12.2. The summed E-state index contributed by atoms with van der Waals surface area (Å²) in [6.07, 6.45) is 0.0871. The summed E-state index contributed by atoms with van der Waals surface area (Å²) < 4.78 is 18.9. The molecule has 1 aliphatic rings. The van der Waals surface area contributed by atoms with Gasteiger partial charge in [-0.1, -0.05) is 11.6 Å². The minimum Gasteiger partial charge on any atom is -0.375 e. The van der Waals surface area contributed by atoms with Gasteiger partial charge in [-0.05, 0) is 19.1 Å². The summed E-state index contributed by atoms with van der Waals surface area (Å²) in [7, 11) is 0. The highest BCUT2D eigenvalue weighted by Gasteiger charge is 2.20. The highest BCUT2D eigenvalue weighted by molar-refractivity contribution is 5.96. The van der Waals surface area contributed by atoms with Gasteiger partial charge in [0.2, 0.25) is 0 Å². The highest BCUT2D eigenvalue weighted by atomic mass is 19.1. The molecule has 1 saturated heterocycles. The molecule has 1 N–H and O–H groups in total. The zero-order valence-corrected chi connectivity index (χ0v) is 9.83. The standard InChI is InChI=1S/C13H16FNO2/c1-9-2-3-12(14)11(6-9)13(16)7-10-8-15-4-5-17-10/h2-3,6,10,15H,4-5,7-8H2,1H3. The Bertz CT molecular complexity index is 414. The molecule has 1 atom stereocenters. The van der Waals surface area contributed by atoms with E-state index in [4.69, 9.17) is 4.74 Å². The van der Waals surface area contributed by atoms with Gasteiger partial charge < -0.3 is 10.1 Å². The van der Waals surface area contributed by atoms with E-state index in [1.807, 2.05) is 6.92 Å². The van der Waals surface area contributed by atoms with Gasteiger partial charge in [0.25, 0.3) is 0 Å². The molecule has 0 saturated carbocycles. The SMILES string of the molecule is Cc1ccc(F)c(C(=O)CC2CNCCO2)c1. The molecule has 0 amide bonds. The predicted octanol–water partition coefficient (Wildman–Crippen LogP) is 1.70. The van der Waals surface area contributed by atoms with Gasteiger partial charge in [-0.25, -0.2) is 4.39 Å². The Kier molecular flexibility index (Phi) is 3.86. The smallest absolute Gasteiger partial charge is 0.168 e. The average molecular weight is 237 g/mol. The molecule has 1 fully saturated rings. The van der Waals surface area contributed by atoms with Gasteiger partial charge >= 0.3 is 0 Å². The molecule has 0 aromatic heterocycles. The molecule has 1 aromatic carbocycles. The quantitative estimate of drug-likeness (QED) is 0.813. The van der Waals surface area contributed by atoms with E-state index < -0.39 is 5.82 Å². The van der Waals surface area contributed by atoms with Crippen LogP contribution in [0.25, 0.3) is 0 Å². The van der Waals surface area contributed by atoms with Gasteiger partial charge in [-0.3, -0.25) is 4.79 Å². The summed E-state index contributed by atoms with van der Waals surface area (Å²) in [6.45, 7) is 3.91. The maximum absolute atomic E-state index is 13.5. The first-order chi connectivity index (χ1) is 8.16. The third kappa shape index (κ3) is 3.11. The van der Waals surface area contributed by atoms with Crippen LogP contribution < -0.4 is 5.32 Å². The van der Waals surface area contributed by atoms with Crippen molar-refractivity contribution < 1.29 is 13.9 Å². The van der Waals surface area contributed by atoms with Crippen LogP contribution in [0, 0.1) is 12.7 Å². The second-order valence-corrected chi connectivity index (χ2v) is 4.31. The first-order valence-electron chi connectivity index (χ1n) is 5.78. The van der Waals surface area contributed by atoms with Crippen molar-refractivity contribution in [2.75, 3.05) is 19.7 Å². The van der Waals surface area contributed by atoms with E-state index in [-0.39, 0.29) is 23.9 Å². The van der Waals surface area contributed by atoms with Crippen molar-refractivity contribution in [1.82, 2.24) is 5.32 Å². The van der Waals surface area contributed by atoms with Gasteiger partial charge in [0, 0.05) is 19.5 Å². The van der Waals surface area contributed by atoms with Crippen LogP contribution in [0.5, 0.6) is 0 Å². The van der Waals surface area contributed by atoms with Gasteiger partial charge in [-0.15, -0.1) is 0 Å². The monoisotopic (exact) mass is 237 g/mol. The first-order valence-corrected chi connectivity index (χ1v) is 5.78. The number of aryl methyl sites for hydroxylation is 1. The molecule has 0 bridgehead atoms. The zero-order valence-electron chi connectivity index (χ0n) is 9.83. The number of morpholine rings is 1. The largest absolute Gasteiger partial charge is 0.375 e. The van der Waals surface area contributed by atoms with Gasteiger partial charge in [0.05, 0.1) is 18.3 Å². The van der Waals surface area contributed by atoms with Crippen molar-refractivity contribution in [1.29, 1.82) is 0 Å². The van der Waals surface area contributed by atoms with Gasteiger partial charge in [0.15, 0.2) is 5.78 Å². The zero-order chi connectivity index (χ0) is 12.3. The number of Topliss-reactive ketones (excluding diaryl/α,β-unsaturated/α-hetero) is 1. The lowest BCUT2D eigenvalue weighted by atomic mass is 10.0. The van der Waals surface area contributed by atoms with Crippen LogP contribution in [0.2, 0.25) is 0 Å². The lowest BCUT2D eigenvalue weighted by Crippen LogP contribution is -2.39. The fraction of sp³-hybridized carbons (Fsp3) is 0.462. The minimum absolute atomic E-state index is 0.142. The third-order valence-corrected chi connectivity index (χ3v) is 2.84. The van der Waals surface area contributed by atoms with E-state index in [0.29, 0.717) is 13.2 Å². The Morgan fingerprint density at radius 3 is 3.12 bits per heavy atom. The van der Waals surface area contributed by atoms with Crippen LogP contribution in [0.15, 0.2) is 18.2 Å². The Labute approximate surface area is 100.0 Å². The fourth-order valence-corrected chi connectivity index (χ4v) is 1.92. The molecule has 17 heavy (non-hydrogen) atoms. The summed E-state index contributed by atoms with van der Waals surface area (Å²) >= 11 is 0. The average Bonchev–Trinajstić information content (AvgIpc) is 2.33. The second-order valence-electron chi connectivity index (χ2n) is 4.31. The third-order valence-electron chi connectivity index (χ3n) is 2.84. The number of hydrogen-bond donors (Lipinski definition) is 1. The molecule has 2 rings (SSSR count). The highest BCUT2D eigenvalue weighted by Crippen LogP contribution is 2.14. The van der Waals surface area contributed by atoms with E-state index >= 15 is 0 Å². The molecule has 0 radical (unpaired) electrons. The molecular weight excluding hydrogens is 221 g/mol. The summed E-state index contributed by atoms with van der Waals surface area (Å²) in [5.41, 5.74) is 1.05. The van der Waals surface area contributed by atoms with Crippen LogP contribution in [0.3, 0.4) is 0 Å².